The Bertz CT molecular complexity index is 605. The van der Waals surface area contributed by atoms with Crippen LogP contribution in [0.1, 0.15) is 18.4 Å². The van der Waals surface area contributed by atoms with Gasteiger partial charge in [0.25, 0.3) is 5.56 Å². The summed E-state index contributed by atoms with van der Waals surface area (Å²) in [6.45, 7) is 1.59. The Morgan fingerprint density at radius 3 is 2.83 bits per heavy atom. The third-order valence-electron chi connectivity index (χ3n) is 4.49. The molecular weight excluding hydrogens is 236 g/mol. The van der Waals surface area contributed by atoms with Gasteiger partial charge in [-0.3, -0.25) is 14.3 Å². The van der Waals surface area contributed by atoms with E-state index >= 15 is 0 Å². The van der Waals surface area contributed by atoms with E-state index < -0.39 is 17.3 Å². The molecule has 0 radical (unpaired) electrons. The number of H-pyrrole nitrogens is 1. The molecule has 0 bridgehead atoms. The summed E-state index contributed by atoms with van der Waals surface area (Å²) in [7, 11) is 0. The average Bonchev–Trinajstić information content (AvgIpc) is 2.93. The molecule has 2 saturated carbocycles. The molecule has 0 saturated heterocycles. The Hall–Kier alpha value is -1.40. The van der Waals surface area contributed by atoms with Gasteiger partial charge in [0, 0.05) is 24.3 Å². The smallest absolute Gasteiger partial charge is 0.328 e. The number of aromatic amines is 1. The molecule has 0 aromatic carbocycles. The summed E-state index contributed by atoms with van der Waals surface area (Å²) < 4.78 is 1.54. The number of aromatic nitrogens is 2. The first-order valence-electron chi connectivity index (χ1n) is 6.11. The van der Waals surface area contributed by atoms with Crippen LogP contribution in [0.25, 0.3) is 0 Å². The number of hydrogen-bond donors (Lipinski definition) is 3. The number of aryl methyl sites for hydroxylation is 1. The number of hydrogen-bond acceptors (Lipinski definition) is 4. The van der Waals surface area contributed by atoms with Crippen LogP contribution in [0.4, 0.5) is 0 Å². The summed E-state index contributed by atoms with van der Waals surface area (Å²) in [6, 6.07) is 0. The van der Waals surface area contributed by atoms with Gasteiger partial charge in [0.1, 0.15) is 0 Å². The first-order valence-corrected chi connectivity index (χ1v) is 6.11. The molecule has 2 fully saturated rings. The van der Waals surface area contributed by atoms with Gasteiger partial charge in [-0.05, 0) is 25.7 Å². The molecule has 0 amide bonds. The van der Waals surface area contributed by atoms with Crippen molar-refractivity contribution in [2.45, 2.75) is 31.4 Å². The lowest BCUT2D eigenvalue weighted by Gasteiger charge is -2.17. The number of nitrogens with zero attached hydrogens (tertiary/aromatic N) is 1. The van der Waals surface area contributed by atoms with Crippen molar-refractivity contribution in [3.8, 4) is 0 Å². The maximum absolute atomic E-state index is 11.9. The van der Waals surface area contributed by atoms with Gasteiger partial charge in [-0.15, -0.1) is 0 Å². The van der Waals surface area contributed by atoms with E-state index in [2.05, 4.69) is 4.98 Å². The molecule has 3 rings (SSSR count). The van der Waals surface area contributed by atoms with Crippen LogP contribution in [0, 0.1) is 18.8 Å². The largest absolute Gasteiger partial charge is 0.396 e. The normalized spacial score (nSPS) is 37.6. The Morgan fingerprint density at radius 1 is 1.50 bits per heavy atom. The minimum atomic E-state index is -0.576. The summed E-state index contributed by atoms with van der Waals surface area (Å²) in [5.41, 5.74) is -0.726. The van der Waals surface area contributed by atoms with E-state index in [0.29, 0.717) is 12.0 Å². The highest BCUT2D eigenvalue weighted by molar-refractivity contribution is 5.19. The fourth-order valence-corrected chi connectivity index (χ4v) is 3.41. The van der Waals surface area contributed by atoms with E-state index in [1.165, 1.54) is 4.57 Å². The summed E-state index contributed by atoms with van der Waals surface area (Å²) >= 11 is 0. The van der Waals surface area contributed by atoms with Crippen molar-refractivity contribution in [1.29, 1.82) is 0 Å². The highest BCUT2D eigenvalue weighted by Gasteiger charge is 2.66. The van der Waals surface area contributed by atoms with Crippen molar-refractivity contribution in [1.82, 2.24) is 9.55 Å². The lowest BCUT2D eigenvalue weighted by Crippen LogP contribution is -2.37. The Kier molecular flexibility index (Phi) is 2.30. The fourth-order valence-electron chi connectivity index (χ4n) is 3.41. The Labute approximate surface area is 103 Å². The third-order valence-corrected chi connectivity index (χ3v) is 4.49. The predicted octanol–water partition coefficient (Wildman–Crippen LogP) is -1.07. The monoisotopic (exact) mass is 252 g/mol. The molecule has 1 aromatic rings. The van der Waals surface area contributed by atoms with Gasteiger partial charge in [-0.2, -0.15) is 0 Å². The first kappa shape index (κ1) is 11.7. The second-order valence-corrected chi connectivity index (χ2v) is 5.47. The Morgan fingerprint density at radius 2 is 2.22 bits per heavy atom. The van der Waals surface area contributed by atoms with E-state index in [1.807, 2.05) is 0 Å². The number of aliphatic hydroxyl groups excluding tert-OH is 2. The second kappa shape index (κ2) is 3.55. The van der Waals surface area contributed by atoms with E-state index in [-0.39, 0.29) is 24.0 Å². The molecule has 6 nitrogen and oxygen atoms in total. The molecule has 1 aromatic heterocycles. The molecule has 98 valence electrons. The zero-order valence-corrected chi connectivity index (χ0v) is 10.1. The second-order valence-electron chi connectivity index (χ2n) is 5.47. The van der Waals surface area contributed by atoms with Crippen molar-refractivity contribution in [3.63, 3.8) is 0 Å². The third kappa shape index (κ3) is 1.36. The molecule has 2 aliphatic carbocycles. The van der Waals surface area contributed by atoms with Crippen molar-refractivity contribution in [3.05, 3.63) is 32.6 Å². The van der Waals surface area contributed by atoms with Crippen LogP contribution in [-0.2, 0) is 5.54 Å². The molecule has 4 unspecified atom stereocenters. The number of nitrogens with one attached hydrogen (secondary N) is 1. The lowest BCUT2D eigenvalue weighted by molar-refractivity contribution is 0.0714. The number of rotatable bonds is 2. The SMILES string of the molecule is Cc1cn(C23CC(O)C(CO)C2C3)c(=O)[nH]c1=O. The number of fused-ring (bicyclic) bond motifs is 1. The van der Waals surface area contributed by atoms with Gasteiger partial charge < -0.3 is 10.2 Å². The number of aliphatic hydroxyl groups is 2. The zero-order valence-electron chi connectivity index (χ0n) is 10.1. The summed E-state index contributed by atoms with van der Waals surface area (Å²) in [4.78, 5) is 25.5. The highest BCUT2D eigenvalue weighted by Crippen LogP contribution is 2.63. The minimum Gasteiger partial charge on any atom is -0.396 e. The summed E-state index contributed by atoms with van der Waals surface area (Å²) in [5, 5.41) is 19.1. The fraction of sp³-hybridized carbons (Fsp3) is 0.667. The zero-order chi connectivity index (χ0) is 13.1. The average molecular weight is 252 g/mol. The molecule has 0 aliphatic heterocycles. The standard InChI is InChI=1S/C12H16N2O4/c1-6-4-14(11(18)13-10(6)17)12-2-8(12)7(5-15)9(16)3-12/h4,7-9,15-16H,2-3,5H2,1H3,(H,13,17,18). The molecular formula is C12H16N2O4. The van der Waals surface area contributed by atoms with Crippen LogP contribution in [0.5, 0.6) is 0 Å². The molecule has 0 spiro atoms. The van der Waals surface area contributed by atoms with Crippen LogP contribution in [0.15, 0.2) is 15.8 Å². The lowest BCUT2D eigenvalue weighted by atomic mass is 10.0. The van der Waals surface area contributed by atoms with Crippen molar-refractivity contribution >= 4 is 0 Å². The Balaban J connectivity index is 2.06. The van der Waals surface area contributed by atoms with Crippen LogP contribution in [0.3, 0.4) is 0 Å². The van der Waals surface area contributed by atoms with Crippen molar-refractivity contribution in [2.24, 2.45) is 11.8 Å². The highest BCUT2D eigenvalue weighted by atomic mass is 16.3. The summed E-state index contributed by atoms with van der Waals surface area (Å²) in [6.07, 6.45) is 2.23. The maximum atomic E-state index is 11.9. The molecule has 18 heavy (non-hydrogen) atoms. The molecule has 4 atom stereocenters. The quantitative estimate of drug-likeness (QED) is 0.625. The minimum absolute atomic E-state index is 0.0648. The van der Waals surface area contributed by atoms with Crippen LogP contribution in [-0.4, -0.2) is 32.5 Å². The van der Waals surface area contributed by atoms with Crippen LogP contribution >= 0.6 is 0 Å². The van der Waals surface area contributed by atoms with Gasteiger partial charge in [-0.1, -0.05) is 0 Å². The topological polar surface area (TPSA) is 95.3 Å². The molecule has 6 heteroatoms. The maximum Gasteiger partial charge on any atom is 0.328 e. The van der Waals surface area contributed by atoms with E-state index in [4.69, 9.17) is 0 Å². The van der Waals surface area contributed by atoms with E-state index in [0.717, 1.165) is 6.42 Å². The van der Waals surface area contributed by atoms with Crippen molar-refractivity contribution < 1.29 is 10.2 Å². The van der Waals surface area contributed by atoms with Crippen LogP contribution < -0.4 is 11.2 Å². The first-order chi connectivity index (χ1) is 8.49. The van der Waals surface area contributed by atoms with Crippen molar-refractivity contribution in [2.75, 3.05) is 6.61 Å². The summed E-state index contributed by atoms with van der Waals surface area (Å²) in [5.74, 6) is -0.0374. The molecule has 2 aliphatic rings. The van der Waals surface area contributed by atoms with Crippen LogP contribution in [0.2, 0.25) is 0 Å². The van der Waals surface area contributed by atoms with E-state index in [1.54, 1.807) is 13.1 Å². The predicted molar refractivity (Wildman–Crippen MR) is 63.3 cm³/mol. The van der Waals surface area contributed by atoms with E-state index in [9.17, 15) is 19.8 Å². The molecule has 3 N–H and O–H groups in total. The van der Waals surface area contributed by atoms with Gasteiger partial charge >= 0.3 is 5.69 Å². The van der Waals surface area contributed by atoms with Gasteiger partial charge in [0.15, 0.2) is 0 Å². The van der Waals surface area contributed by atoms with Gasteiger partial charge in [-0.25, -0.2) is 4.79 Å². The van der Waals surface area contributed by atoms with Gasteiger partial charge in [0.2, 0.25) is 0 Å². The van der Waals surface area contributed by atoms with Gasteiger partial charge in [0.05, 0.1) is 11.6 Å². The molecule has 1 heterocycles.